The first-order chi connectivity index (χ1) is 9.24. The van der Waals surface area contributed by atoms with E-state index in [1.165, 1.54) is 12.1 Å². The Morgan fingerprint density at radius 3 is 2.47 bits per heavy atom. The number of halogens is 2. The van der Waals surface area contributed by atoms with E-state index in [2.05, 4.69) is 0 Å². The summed E-state index contributed by atoms with van der Waals surface area (Å²) >= 11 is 6.38. The standard InChI is InChI=1S/C15H12ClFO2/c16-15(10-2-1-3-12(17)8-10)11-4-5-13-14(9-11)19-7-6-18-13/h1-5,8-9,15H,6-7H2. The molecule has 2 nitrogen and oxygen atoms in total. The van der Waals surface area contributed by atoms with Crippen molar-refractivity contribution in [1.29, 1.82) is 0 Å². The second-order valence-corrected chi connectivity index (χ2v) is 4.76. The minimum absolute atomic E-state index is 0.291. The summed E-state index contributed by atoms with van der Waals surface area (Å²) in [5.74, 6) is 1.12. The van der Waals surface area contributed by atoms with Gasteiger partial charge in [-0.3, -0.25) is 0 Å². The lowest BCUT2D eigenvalue weighted by Gasteiger charge is -2.20. The molecule has 2 aromatic carbocycles. The van der Waals surface area contributed by atoms with Gasteiger partial charge in [-0.15, -0.1) is 11.6 Å². The van der Waals surface area contributed by atoms with Gasteiger partial charge in [-0.25, -0.2) is 4.39 Å². The van der Waals surface area contributed by atoms with E-state index in [9.17, 15) is 4.39 Å². The average molecular weight is 279 g/mol. The molecule has 1 aliphatic heterocycles. The van der Waals surface area contributed by atoms with Crippen LogP contribution in [0.15, 0.2) is 42.5 Å². The Balaban J connectivity index is 1.93. The van der Waals surface area contributed by atoms with Gasteiger partial charge in [0.1, 0.15) is 19.0 Å². The molecule has 0 radical (unpaired) electrons. The second kappa shape index (κ2) is 5.10. The number of hydrogen-bond donors (Lipinski definition) is 0. The van der Waals surface area contributed by atoms with Gasteiger partial charge in [-0.2, -0.15) is 0 Å². The molecule has 0 spiro atoms. The van der Waals surface area contributed by atoms with Crippen LogP contribution >= 0.6 is 11.6 Å². The van der Waals surface area contributed by atoms with Crippen LogP contribution < -0.4 is 9.47 Å². The van der Waals surface area contributed by atoms with E-state index in [0.717, 1.165) is 16.9 Å². The molecule has 98 valence electrons. The summed E-state index contributed by atoms with van der Waals surface area (Å²) in [6.45, 7) is 1.09. The minimum atomic E-state index is -0.411. The number of ether oxygens (including phenoxy) is 2. The summed E-state index contributed by atoms with van der Waals surface area (Å²) in [6.07, 6.45) is 0. The first-order valence-corrected chi connectivity index (χ1v) is 6.47. The number of alkyl halides is 1. The van der Waals surface area contributed by atoms with E-state index in [1.54, 1.807) is 12.1 Å². The third-order valence-electron chi connectivity index (χ3n) is 3.00. The van der Waals surface area contributed by atoms with Crippen LogP contribution in [0.5, 0.6) is 11.5 Å². The molecule has 0 N–H and O–H groups in total. The molecular formula is C15H12ClFO2. The van der Waals surface area contributed by atoms with Crippen LogP contribution in [-0.2, 0) is 0 Å². The number of benzene rings is 2. The van der Waals surface area contributed by atoms with Crippen molar-refractivity contribution >= 4 is 11.6 Å². The van der Waals surface area contributed by atoms with Gasteiger partial charge < -0.3 is 9.47 Å². The van der Waals surface area contributed by atoms with E-state index in [-0.39, 0.29) is 5.82 Å². The maximum atomic E-state index is 13.2. The van der Waals surface area contributed by atoms with Crippen LogP contribution in [0.1, 0.15) is 16.5 Å². The Labute approximate surface area is 115 Å². The molecule has 19 heavy (non-hydrogen) atoms. The fourth-order valence-electron chi connectivity index (χ4n) is 2.07. The molecule has 0 saturated heterocycles. The highest BCUT2D eigenvalue weighted by Gasteiger charge is 2.17. The lowest BCUT2D eigenvalue weighted by molar-refractivity contribution is 0.171. The number of fused-ring (bicyclic) bond motifs is 1. The number of rotatable bonds is 2. The predicted octanol–water partition coefficient (Wildman–Crippen LogP) is 3.93. The van der Waals surface area contributed by atoms with Gasteiger partial charge in [0.2, 0.25) is 0 Å². The van der Waals surface area contributed by atoms with Crippen molar-refractivity contribution in [1.82, 2.24) is 0 Å². The Hall–Kier alpha value is -1.74. The Morgan fingerprint density at radius 1 is 0.947 bits per heavy atom. The topological polar surface area (TPSA) is 18.5 Å². The summed E-state index contributed by atoms with van der Waals surface area (Å²) in [7, 11) is 0. The Kier molecular flexibility index (Phi) is 3.30. The van der Waals surface area contributed by atoms with Crippen LogP contribution in [0.4, 0.5) is 4.39 Å². The van der Waals surface area contributed by atoms with E-state index in [0.29, 0.717) is 19.0 Å². The van der Waals surface area contributed by atoms with Crippen molar-refractivity contribution in [3.8, 4) is 11.5 Å². The largest absolute Gasteiger partial charge is 0.486 e. The quantitative estimate of drug-likeness (QED) is 0.775. The molecule has 1 aliphatic rings. The van der Waals surface area contributed by atoms with Gasteiger partial charge in [0, 0.05) is 0 Å². The lowest BCUT2D eigenvalue weighted by atomic mass is 10.0. The van der Waals surface area contributed by atoms with Gasteiger partial charge in [0.25, 0.3) is 0 Å². The van der Waals surface area contributed by atoms with Gasteiger partial charge in [0.15, 0.2) is 11.5 Å². The molecule has 0 aliphatic carbocycles. The van der Waals surface area contributed by atoms with Crippen LogP contribution in [0.25, 0.3) is 0 Å². The molecule has 0 aromatic heterocycles. The summed E-state index contributed by atoms with van der Waals surface area (Å²) in [4.78, 5) is 0. The molecule has 0 fully saturated rings. The predicted molar refractivity (Wildman–Crippen MR) is 71.5 cm³/mol. The number of hydrogen-bond acceptors (Lipinski definition) is 2. The first-order valence-electron chi connectivity index (χ1n) is 6.03. The summed E-state index contributed by atoms with van der Waals surface area (Å²) in [5.41, 5.74) is 1.58. The average Bonchev–Trinajstić information content (AvgIpc) is 2.46. The minimum Gasteiger partial charge on any atom is -0.486 e. The molecule has 0 saturated carbocycles. The van der Waals surface area contributed by atoms with Crippen LogP contribution in [0, 0.1) is 5.82 Å². The fraction of sp³-hybridized carbons (Fsp3) is 0.200. The zero-order valence-electron chi connectivity index (χ0n) is 10.1. The molecule has 3 rings (SSSR count). The van der Waals surface area contributed by atoms with Crippen molar-refractivity contribution in [3.05, 3.63) is 59.4 Å². The lowest BCUT2D eigenvalue weighted by Crippen LogP contribution is -2.15. The van der Waals surface area contributed by atoms with Gasteiger partial charge in [0.05, 0.1) is 5.38 Å². The molecule has 1 atom stereocenters. The van der Waals surface area contributed by atoms with E-state index < -0.39 is 5.38 Å². The second-order valence-electron chi connectivity index (χ2n) is 4.32. The third-order valence-corrected chi connectivity index (χ3v) is 3.50. The maximum Gasteiger partial charge on any atom is 0.161 e. The Bertz CT molecular complexity index is 600. The maximum absolute atomic E-state index is 13.2. The first kappa shape index (κ1) is 12.3. The van der Waals surface area contributed by atoms with Crippen molar-refractivity contribution in [2.75, 3.05) is 13.2 Å². The van der Waals surface area contributed by atoms with E-state index in [4.69, 9.17) is 21.1 Å². The van der Waals surface area contributed by atoms with Crippen molar-refractivity contribution in [2.24, 2.45) is 0 Å². The van der Waals surface area contributed by atoms with Crippen molar-refractivity contribution in [3.63, 3.8) is 0 Å². The van der Waals surface area contributed by atoms with Gasteiger partial charge in [-0.1, -0.05) is 18.2 Å². The van der Waals surface area contributed by atoms with Crippen molar-refractivity contribution < 1.29 is 13.9 Å². The molecule has 4 heteroatoms. The monoisotopic (exact) mass is 278 g/mol. The third kappa shape index (κ3) is 2.51. The molecule has 0 bridgehead atoms. The highest BCUT2D eigenvalue weighted by molar-refractivity contribution is 6.22. The van der Waals surface area contributed by atoms with Crippen LogP contribution in [-0.4, -0.2) is 13.2 Å². The smallest absolute Gasteiger partial charge is 0.161 e. The summed E-state index contributed by atoms with van der Waals surface area (Å²) < 4.78 is 24.2. The fourth-order valence-corrected chi connectivity index (χ4v) is 2.35. The SMILES string of the molecule is Fc1cccc(C(Cl)c2ccc3c(c2)OCCO3)c1. The molecule has 1 unspecified atom stereocenters. The van der Waals surface area contributed by atoms with E-state index in [1.807, 2.05) is 18.2 Å². The normalized spacial score (nSPS) is 15.1. The molecular weight excluding hydrogens is 267 g/mol. The molecule has 0 amide bonds. The van der Waals surface area contributed by atoms with E-state index >= 15 is 0 Å². The summed E-state index contributed by atoms with van der Waals surface area (Å²) in [6, 6.07) is 11.8. The van der Waals surface area contributed by atoms with Crippen LogP contribution in [0.2, 0.25) is 0 Å². The van der Waals surface area contributed by atoms with Crippen LogP contribution in [0.3, 0.4) is 0 Å². The highest BCUT2D eigenvalue weighted by atomic mass is 35.5. The van der Waals surface area contributed by atoms with Gasteiger partial charge in [-0.05, 0) is 35.4 Å². The van der Waals surface area contributed by atoms with Crippen molar-refractivity contribution in [2.45, 2.75) is 5.38 Å². The zero-order valence-corrected chi connectivity index (χ0v) is 10.9. The molecule has 1 heterocycles. The summed E-state index contributed by atoms with van der Waals surface area (Å²) in [5, 5.41) is -0.411. The Morgan fingerprint density at radius 2 is 1.68 bits per heavy atom. The highest BCUT2D eigenvalue weighted by Crippen LogP contribution is 2.36. The zero-order chi connectivity index (χ0) is 13.2. The molecule has 2 aromatic rings. The van der Waals surface area contributed by atoms with Gasteiger partial charge >= 0.3 is 0 Å².